The molecule has 1 saturated heterocycles. The number of morpholine rings is 1. The van der Waals surface area contributed by atoms with E-state index in [-0.39, 0.29) is 16.0 Å². The number of sulfonamides is 1. The number of nitrogens with zero attached hydrogens (tertiary/aromatic N) is 1. The molecule has 0 aromatic heterocycles. The van der Waals surface area contributed by atoms with Crippen LogP contribution in [0.15, 0.2) is 29.2 Å². The molecule has 1 N–H and O–H groups in total. The third kappa shape index (κ3) is 4.17. The summed E-state index contributed by atoms with van der Waals surface area (Å²) in [6.07, 6.45) is 0.719. The molecule has 1 aromatic rings. The Kier molecular flexibility index (Phi) is 5.40. The average Bonchev–Trinajstić information content (AvgIpc) is 2.39. The summed E-state index contributed by atoms with van der Waals surface area (Å²) in [6.45, 7) is 2.78. The van der Waals surface area contributed by atoms with Crippen LogP contribution in [0.2, 0.25) is 5.02 Å². The summed E-state index contributed by atoms with van der Waals surface area (Å²) < 4.78 is 32.4. The van der Waals surface area contributed by atoms with Crippen LogP contribution in [0.1, 0.15) is 6.42 Å². The van der Waals surface area contributed by atoms with Crippen molar-refractivity contribution >= 4 is 21.6 Å². The lowest BCUT2D eigenvalue weighted by Crippen LogP contribution is -2.41. The van der Waals surface area contributed by atoms with Crippen molar-refractivity contribution in [3.63, 3.8) is 0 Å². The van der Waals surface area contributed by atoms with Gasteiger partial charge in [0, 0.05) is 19.6 Å². The van der Waals surface area contributed by atoms with Crippen molar-refractivity contribution in [3.05, 3.63) is 29.3 Å². The Morgan fingerprint density at radius 2 is 2.20 bits per heavy atom. The van der Waals surface area contributed by atoms with Crippen molar-refractivity contribution in [2.75, 3.05) is 33.3 Å². The number of rotatable bonds is 5. The van der Waals surface area contributed by atoms with Gasteiger partial charge in [0.05, 0.1) is 17.7 Å². The first-order valence-corrected chi connectivity index (χ1v) is 8.39. The molecule has 7 heteroatoms. The lowest BCUT2D eigenvalue weighted by atomic mass is 10.2. The summed E-state index contributed by atoms with van der Waals surface area (Å²) in [4.78, 5) is 2.29. The molecule has 0 radical (unpaired) electrons. The summed E-state index contributed by atoms with van der Waals surface area (Å²) in [5, 5.41) is 0.230. The molecule has 1 unspecified atom stereocenters. The van der Waals surface area contributed by atoms with Crippen LogP contribution in [0.5, 0.6) is 0 Å². The second-order valence-electron chi connectivity index (χ2n) is 4.87. The van der Waals surface area contributed by atoms with Gasteiger partial charge in [-0.25, -0.2) is 13.1 Å². The third-order valence-corrected chi connectivity index (χ3v) is 5.19. The van der Waals surface area contributed by atoms with E-state index in [1.807, 2.05) is 7.05 Å². The quantitative estimate of drug-likeness (QED) is 0.890. The van der Waals surface area contributed by atoms with Crippen LogP contribution in [0, 0.1) is 0 Å². The Bertz CT molecular complexity index is 550. The van der Waals surface area contributed by atoms with Crippen LogP contribution >= 0.6 is 11.6 Å². The van der Waals surface area contributed by atoms with Gasteiger partial charge in [-0.2, -0.15) is 0 Å². The molecule has 20 heavy (non-hydrogen) atoms. The molecule has 112 valence electrons. The van der Waals surface area contributed by atoms with Crippen molar-refractivity contribution in [2.24, 2.45) is 0 Å². The molecule has 0 bridgehead atoms. The third-order valence-electron chi connectivity index (χ3n) is 3.23. The molecule has 5 nitrogen and oxygen atoms in total. The zero-order valence-corrected chi connectivity index (χ0v) is 13.0. The molecule has 2 rings (SSSR count). The average molecular weight is 319 g/mol. The standard InChI is InChI=1S/C13H19ClN2O3S/c1-16-8-9-19-11(10-16)6-7-15-20(17,18)13-5-3-2-4-12(13)14/h2-5,11,15H,6-10H2,1H3. The topological polar surface area (TPSA) is 58.6 Å². The predicted molar refractivity (Wildman–Crippen MR) is 78.5 cm³/mol. The number of halogens is 1. The zero-order valence-electron chi connectivity index (χ0n) is 11.4. The normalized spacial score (nSPS) is 21.0. The Morgan fingerprint density at radius 3 is 2.90 bits per heavy atom. The fraction of sp³-hybridized carbons (Fsp3) is 0.538. The van der Waals surface area contributed by atoms with Gasteiger partial charge >= 0.3 is 0 Å². The van der Waals surface area contributed by atoms with E-state index in [1.165, 1.54) is 6.07 Å². The molecule has 1 atom stereocenters. The van der Waals surface area contributed by atoms with Crippen LogP contribution in [-0.4, -0.2) is 52.7 Å². The van der Waals surface area contributed by atoms with Crippen molar-refractivity contribution in [1.82, 2.24) is 9.62 Å². The highest BCUT2D eigenvalue weighted by molar-refractivity contribution is 7.89. The lowest BCUT2D eigenvalue weighted by molar-refractivity contribution is -0.0222. The molecule has 1 heterocycles. The van der Waals surface area contributed by atoms with Crippen LogP contribution < -0.4 is 4.72 Å². The second kappa shape index (κ2) is 6.87. The fourth-order valence-corrected chi connectivity index (χ4v) is 3.70. The summed E-state index contributed by atoms with van der Waals surface area (Å²) in [7, 11) is -1.53. The predicted octanol–water partition coefficient (Wildman–Crippen LogP) is 1.34. The van der Waals surface area contributed by atoms with Crippen molar-refractivity contribution < 1.29 is 13.2 Å². The number of hydrogen-bond donors (Lipinski definition) is 1. The highest BCUT2D eigenvalue weighted by Gasteiger charge is 2.20. The first kappa shape index (κ1) is 15.7. The lowest BCUT2D eigenvalue weighted by Gasteiger charge is -2.30. The van der Waals surface area contributed by atoms with E-state index in [0.717, 1.165) is 13.1 Å². The zero-order chi connectivity index (χ0) is 14.6. The summed E-state index contributed by atoms with van der Waals surface area (Å²) in [5.74, 6) is 0. The van der Waals surface area contributed by atoms with Gasteiger partial charge < -0.3 is 9.64 Å². The Morgan fingerprint density at radius 1 is 1.45 bits per heavy atom. The second-order valence-corrected chi connectivity index (χ2v) is 7.01. The maximum atomic E-state index is 12.1. The van der Waals surface area contributed by atoms with Gasteiger partial charge in [-0.05, 0) is 25.6 Å². The number of likely N-dealkylation sites (N-methyl/N-ethyl adjacent to an activating group) is 1. The van der Waals surface area contributed by atoms with E-state index in [0.29, 0.717) is 19.6 Å². The van der Waals surface area contributed by atoms with E-state index in [2.05, 4.69) is 9.62 Å². The van der Waals surface area contributed by atoms with Crippen LogP contribution in [0.3, 0.4) is 0 Å². The van der Waals surface area contributed by atoms with Gasteiger partial charge in [-0.1, -0.05) is 23.7 Å². The maximum Gasteiger partial charge on any atom is 0.242 e. The van der Waals surface area contributed by atoms with Gasteiger partial charge in [-0.3, -0.25) is 0 Å². The van der Waals surface area contributed by atoms with Gasteiger partial charge in [0.15, 0.2) is 0 Å². The van der Waals surface area contributed by atoms with Gasteiger partial charge in [0.25, 0.3) is 0 Å². The molecule has 0 aliphatic carbocycles. The van der Waals surface area contributed by atoms with Crippen LogP contribution in [0.4, 0.5) is 0 Å². The van der Waals surface area contributed by atoms with Crippen LogP contribution in [0.25, 0.3) is 0 Å². The largest absolute Gasteiger partial charge is 0.376 e. The minimum atomic E-state index is -3.56. The van der Waals surface area contributed by atoms with Crippen molar-refractivity contribution in [3.8, 4) is 0 Å². The summed E-state index contributed by atoms with van der Waals surface area (Å²) >= 11 is 5.90. The SMILES string of the molecule is CN1CCOC(CCNS(=O)(=O)c2ccccc2Cl)C1. The number of ether oxygens (including phenoxy) is 1. The van der Waals surface area contributed by atoms with E-state index in [4.69, 9.17) is 16.3 Å². The first-order chi connectivity index (χ1) is 9.49. The Hall–Kier alpha value is -0.660. The van der Waals surface area contributed by atoms with Gasteiger partial charge in [0.1, 0.15) is 4.90 Å². The molecule has 1 aliphatic heterocycles. The van der Waals surface area contributed by atoms with E-state index >= 15 is 0 Å². The van der Waals surface area contributed by atoms with Gasteiger partial charge in [-0.15, -0.1) is 0 Å². The highest BCUT2D eigenvalue weighted by atomic mass is 35.5. The molecule has 1 aliphatic rings. The minimum absolute atomic E-state index is 0.0719. The molecule has 1 fully saturated rings. The smallest absolute Gasteiger partial charge is 0.242 e. The molecule has 0 spiro atoms. The monoisotopic (exact) mass is 318 g/mol. The molecule has 0 saturated carbocycles. The van der Waals surface area contributed by atoms with Crippen molar-refractivity contribution in [2.45, 2.75) is 17.4 Å². The highest BCUT2D eigenvalue weighted by Crippen LogP contribution is 2.20. The molecule has 0 amide bonds. The molecular formula is C13H19ClN2O3S. The van der Waals surface area contributed by atoms with E-state index < -0.39 is 10.0 Å². The summed E-state index contributed by atoms with van der Waals surface area (Å²) in [6, 6.07) is 6.41. The fourth-order valence-electron chi connectivity index (χ4n) is 2.14. The van der Waals surface area contributed by atoms with E-state index in [1.54, 1.807) is 18.2 Å². The van der Waals surface area contributed by atoms with Crippen molar-refractivity contribution in [1.29, 1.82) is 0 Å². The number of hydrogen-bond acceptors (Lipinski definition) is 4. The summed E-state index contributed by atoms with van der Waals surface area (Å²) in [5.41, 5.74) is 0. The molecule has 1 aromatic carbocycles. The van der Waals surface area contributed by atoms with Gasteiger partial charge in [0.2, 0.25) is 10.0 Å². The Balaban J connectivity index is 1.88. The maximum absolute atomic E-state index is 12.1. The van der Waals surface area contributed by atoms with E-state index in [9.17, 15) is 8.42 Å². The minimum Gasteiger partial charge on any atom is -0.376 e. The number of nitrogens with one attached hydrogen (secondary N) is 1. The molecular weight excluding hydrogens is 300 g/mol. The Labute approximate surface area is 124 Å². The first-order valence-electron chi connectivity index (χ1n) is 6.53. The van der Waals surface area contributed by atoms with Crippen LogP contribution in [-0.2, 0) is 14.8 Å². The number of benzene rings is 1.